The number of hydrogen-bond donors (Lipinski definition) is 5. The monoisotopic (exact) mass is 492 g/mol. The Morgan fingerprint density at radius 1 is 1.09 bits per heavy atom. The first-order valence-corrected chi connectivity index (χ1v) is 11.5. The number of rotatable bonds is 9. The van der Waals surface area contributed by atoms with E-state index in [4.69, 9.17) is 9.47 Å². The van der Waals surface area contributed by atoms with Gasteiger partial charge >= 0.3 is 6.18 Å². The quantitative estimate of drug-likeness (QED) is 0.336. The summed E-state index contributed by atoms with van der Waals surface area (Å²) >= 11 is 1.70. The minimum absolute atomic E-state index is 0.0699. The molecule has 0 spiro atoms. The van der Waals surface area contributed by atoms with Crippen LogP contribution < -0.4 is 4.74 Å². The minimum Gasteiger partial charge on any atom is -0.443 e. The molecule has 1 aliphatic heterocycles. The highest BCUT2D eigenvalue weighted by Crippen LogP contribution is 2.36. The maximum Gasteiger partial charge on any atom is 0.433 e. The number of H-pyrrole nitrogens is 1. The maximum absolute atomic E-state index is 13.5. The molecule has 2 aromatic rings. The van der Waals surface area contributed by atoms with Crippen LogP contribution in [0.1, 0.15) is 30.2 Å². The predicted octanol–water partition coefficient (Wildman–Crippen LogP) is 1.89. The number of aryl methyl sites for hydroxylation is 1. The Morgan fingerprint density at radius 3 is 2.39 bits per heavy atom. The smallest absolute Gasteiger partial charge is 0.433 e. The second-order valence-corrected chi connectivity index (χ2v) is 8.86. The molecular formula is C21H27F3N2O6S. The largest absolute Gasteiger partial charge is 0.443 e. The van der Waals surface area contributed by atoms with Crippen LogP contribution in [0.15, 0.2) is 29.2 Å². The number of aromatic amines is 1. The number of halogens is 3. The van der Waals surface area contributed by atoms with Crippen molar-refractivity contribution in [2.45, 2.75) is 68.0 Å². The van der Waals surface area contributed by atoms with E-state index in [1.807, 2.05) is 29.4 Å². The third-order valence-corrected chi connectivity index (χ3v) is 6.47. The fourth-order valence-electron chi connectivity index (χ4n) is 3.43. The topological polar surface area (TPSA) is 128 Å². The van der Waals surface area contributed by atoms with Gasteiger partial charge in [-0.2, -0.15) is 13.2 Å². The number of nitrogens with one attached hydrogen (secondary N) is 1. The molecule has 0 saturated carbocycles. The van der Waals surface area contributed by atoms with Gasteiger partial charge < -0.3 is 29.9 Å². The van der Waals surface area contributed by atoms with Crippen molar-refractivity contribution in [3.05, 3.63) is 41.1 Å². The van der Waals surface area contributed by atoms with Crippen molar-refractivity contribution in [3.63, 3.8) is 0 Å². The summed E-state index contributed by atoms with van der Waals surface area (Å²) in [5, 5.41) is 44.7. The van der Waals surface area contributed by atoms with Crippen molar-refractivity contribution in [2.75, 3.05) is 12.4 Å². The molecule has 1 fully saturated rings. The molecule has 0 aliphatic carbocycles. The first-order valence-electron chi connectivity index (χ1n) is 10.5. The van der Waals surface area contributed by atoms with Crippen LogP contribution >= 0.6 is 11.8 Å². The van der Waals surface area contributed by atoms with E-state index in [2.05, 4.69) is 12.0 Å². The van der Waals surface area contributed by atoms with Crippen LogP contribution in [0.4, 0.5) is 13.2 Å². The van der Waals surface area contributed by atoms with Crippen molar-refractivity contribution in [1.29, 1.82) is 0 Å². The summed E-state index contributed by atoms with van der Waals surface area (Å²) in [7, 11) is 0. The van der Waals surface area contributed by atoms with E-state index in [9.17, 15) is 33.6 Å². The summed E-state index contributed by atoms with van der Waals surface area (Å²) in [6.45, 7) is 1.38. The molecule has 1 aliphatic rings. The molecule has 2 heterocycles. The first-order chi connectivity index (χ1) is 15.7. The molecule has 1 aromatic heterocycles. The zero-order valence-electron chi connectivity index (χ0n) is 17.8. The number of aliphatic hydroxyl groups is 4. The third kappa shape index (κ3) is 6.19. The molecule has 0 amide bonds. The van der Waals surface area contributed by atoms with Crippen LogP contribution in [0.3, 0.4) is 0 Å². The second kappa shape index (κ2) is 11.1. The molecule has 0 bridgehead atoms. The number of nitrogens with zero attached hydrogens (tertiary/aromatic N) is 1. The van der Waals surface area contributed by atoms with Gasteiger partial charge in [0.1, 0.15) is 30.1 Å². The van der Waals surface area contributed by atoms with E-state index in [1.54, 1.807) is 11.8 Å². The first kappa shape index (κ1) is 25.8. The lowest BCUT2D eigenvalue weighted by Gasteiger charge is -2.39. The van der Waals surface area contributed by atoms with Gasteiger partial charge in [-0.25, -0.2) is 0 Å². The van der Waals surface area contributed by atoms with Crippen LogP contribution in [-0.2, 0) is 23.8 Å². The summed E-state index contributed by atoms with van der Waals surface area (Å²) in [6.07, 6.45) is -11.5. The van der Waals surface area contributed by atoms with E-state index < -0.39 is 55.1 Å². The molecule has 184 valence electrons. The van der Waals surface area contributed by atoms with Crippen molar-refractivity contribution < 1.29 is 43.1 Å². The number of alkyl halides is 3. The molecule has 33 heavy (non-hydrogen) atoms. The fourth-order valence-corrected chi connectivity index (χ4v) is 4.20. The molecule has 8 nitrogen and oxygen atoms in total. The van der Waals surface area contributed by atoms with Gasteiger partial charge in [-0.15, -0.1) is 16.9 Å². The van der Waals surface area contributed by atoms with Crippen molar-refractivity contribution in [3.8, 4) is 5.88 Å². The van der Waals surface area contributed by atoms with Gasteiger partial charge in [0.15, 0.2) is 0 Å². The lowest BCUT2D eigenvalue weighted by Crippen LogP contribution is -2.60. The van der Waals surface area contributed by atoms with Crippen LogP contribution in [-0.4, -0.2) is 73.7 Å². The highest BCUT2D eigenvalue weighted by molar-refractivity contribution is 7.99. The molecule has 12 heteroatoms. The van der Waals surface area contributed by atoms with E-state index >= 15 is 0 Å². The molecule has 1 aromatic carbocycles. The molecule has 3 rings (SSSR count). The normalized spacial score (nSPS) is 25.9. The summed E-state index contributed by atoms with van der Waals surface area (Å²) in [6, 6.07) is 7.54. The number of ether oxygens (including phenoxy) is 2. The summed E-state index contributed by atoms with van der Waals surface area (Å²) < 4.78 is 51.2. The minimum atomic E-state index is -4.72. The zero-order chi connectivity index (χ0) is 24.2. The Labute approximate surface area is 192 Å². The third-order valence-electron chi connectivity index (χ3n) is 5.25. The number of thioether (sulfide) groups is 1. The summed E-state index contributed by atoms with van der Waals surface area (Å²) in [4.78, 5) is 1.08. The van der Waals surface area contributed by atoms with Gasteiger partial charge in [0.05, 0.1) is 6.61 Å². The number of hydrogen-bond acceptors (Lipinski definition) is 8. The Hall–Kier alpha value is -1.83. The molecule has 1 saturated heterocycles. The van der Waals surface area contributed by atoms with Crippen molar-refractivity contribution in [1.82, 2.24) is 10.2 Å². The van der Waals surface area contributed by atoms with Crippen LogP contribution in [0.5, 0.6) is 5.88 Å². The number of aliphatic hydroxyl groups excluding tert-OH is 4. The van der Waals surface area contributed by atoms with Gasteiger partial charge in [0.2, 0.25) is 12.2 Å². The van der Waals surface area contributed by atoms with Gasteiger partial charge in [-0.3, -0.25) is 5.10 Å². The summed E-state index contributed by atoms with van der Waals surface area (Å²) in [5.41, 5.74) is -0.523. The van der Waals surface area contributed by atoms with Crippen molar-refractivity contribution >= 4 is 11.8 Å². The van der Waals surface area contributed by atoms with Gasteiger partial charge in [0, 0.05) is 10.5 Å². The van der Waals surface area contributed by atoms with Gasteiger partial charge in [-0.1, -0.05) is 19.1 Å². The van der Waals surface area contributed by atoms with Crippen molar-refractivity contribution in [2.24, 2.45) is 0 Å². The lowest BCUT2D eigenvalue weighted by molar-refractivity contribution is -0.278. The van der Waals surface area contributed by atoms with Crippen LogP contribution in [0.2, 0.25) is 0 Å². The van der Waals surface area contributed by atoms with Gasteiger partial charge in [-0.05, 0) is 42.7 Å². The fraction of sp³-hybridized carbons (Fsp3) is 0.571. The predicted molar refractivity (Wildman–Crippen MR) is 113 cm³/mol. The second-order valence-electron chi connectivity index (χ2n) is 7.69. The highest BCUT2D eigenvalue weighted by atomic mass is 32.2. The molecule has 0 radical (unpaired) electrons. The van der Waals surface area contributed by atoms with Crippen LogP contribution in [0.25, 0.3) is 0 Å². The Balaban J connectivity index is 1.77. The standard InChI is InChI=1S/C21H27F3N2O6S/c1-2-9-33-12-6-3-11(4-7-12)5-8-13-18(21(22,23)24)25-26-19(13)32-20-17(30)16(29)15(28)14(10-27)31-20/h3-4,6-7,14-17,20,27-30H,2,5,8-10H2,1H3,(H,25,26)/t14-,15-,16+,17-,20+/m1/s1. The average molecular weight is 493 g/mol. The SMILES string of the molecule is CCCSc1ccc(CCc2c(O[C@@H]3O[C@H](CO)[C@@H](O)[C@H](O)[C@H]3O)n[nH]c2C(F)(F)F)cc1. The molecule has 0 unspecified atom stereocenters. The van der Waals surface area contributed by atoms with E-state index in [0.29, 0.717) is 0 Å². The van der Waals surface area contributed by atoms with E-state index in [-0.39, 0.29) is 18.4 Å². The molecular weight excluding hydrogens is 465 g/mol. The molecule has 5 atom stereocenters. The highest BCUT2D eigenvalue weighted by Gasteiger charge is 2.46. The molecule has 5 N–H and O–H groups in total. The van der Waals surface area contributed by atoms with Crippen LogP contribution in [0, 0.1) is 0 Å². The number of benzene rings is 1. The maximum atomic E-state index is 13.5. The Morgan fingerprint density at radius 2 is 1.79 bits per heavy atom. The Bertz CT molecular complexity index is 893. The van der Waals surface area contributed by atoms with E-state index in [0.717, 1.165) is 22.6 Å². The summed E-state index contributed by atoms with van der Waals surface area (Å²) in [5.74, 6) is 0.531. The zero-order valence-corrected chi connectivity index (χ0v) is 18.6. The average Bonchev–Trinajstić information content (AvgIpc) is 3.20. The number of aromatic nitrogens is 2. The Kier molecular flexibility index (Phi) is 8.65. The van der Waals surface area contributed by atoms with Gasteiger partial charge in [0.25, 0.3) is 0 Å². The lowest BCUT2D eigenvalue weighted by atomic mass is 9.99. The van der Waals surface area contributed by atoms with E-state index in [1.165, 1.54) is 0 Å².